The Morgan fingerprint density at radius 1 is 1.05 bits per heavy atom. The van der Waals surface area contributed by atoms with Gasteiger partial charge in [0.2, 0.25) is 0 Å². The van der Waals surface area contributed by atoms with Crippen LogP contribution in [0.15, 0.2) is 16.6 Å². The Labute approximate surface area is 121 Å². The third kappa shape index (κ3) is 1.59. The third-order valence-corrected chi connectivity index (χ3v) is 5.67. The Bertz CT molecular complexity index is 530. The van der Waals surface area contributed by atoms with Crippen molar-refractivity contribution in [3.63, 3.8) is 0 Å². The van der Waals surface area contributed by atoms with E-state index in [0.717, 1.165) is 28.8 Å². The van der Waals surface area contributed by atoms with Crippen LogP contribution in [-0.4, -0.2) is 12.3 Å². The Morgan fingerprint density at radius 2 is 1.68 bits per heavy atom. The number of halogens is 1. The molecule has 0 amide bonds. The number of fused-ring (bicyclic) bond motifs is 1. The molecule has 3 aliphatic rings. The normalized spacial score (nSPS) is 24.9. The van der Waals surface area contributed by atoms with Crippen LogP contribution in [0.5, 0.6) is 11.5 Å². The first-order valence-corrected chi connectivity index (χ1v) is 7.88. The molecule has 102 valence electrons. The molecule has 1 aromatic rings. The minimum absolute atomic E-state index is 0.145. The minimum atomic E-state index is -0.351. The van der Waals surface area contributed by atoms with Gasteiger partial charge in [-0.3, -0.25) is 0 Å². The Kier molecular flexibility index (Phi) is 2.46. The zero-order valence-corrected chi connectivity index (χ0v) is 12.5. The highest BCUT2D eigenvalue weighted by molar-refractivity contribution is 9.10. The molecule has 1 aromatic carbocycles. The highest BCUT2D eigenvalue weighted by Gasteiger charge is 2.48. The second-order valence-corrected chi connectivity index (χ2v) is 6.94. The van der Waals surface area contributed by atoms with Crippen molar-refractivity contribution in [3.05, 3.63) is 22.2 Å². The molecule has 2 aliphatic carbocycles. The number of benzene rings is 1. The van der Waals surface area contributed by atoms with Crippen molar-refractivity contribution in [1.29, 1.82) is 0 Å². The monoisotopic (exact) mass is 323 g/mol. The topological polar surface area (TPSA) is 44.5 Å². The number of hydrogen-bond donors (Lipinski definition) is 1. The summed E-state index contributed by atoms with van der Waals surface area (Å²) in [7, 11) is 0. The highest BCUT2D eigenvalue weighted by Crippen LogP contribution is 2.53. The molecule has 0 bridgehead atoms. The molecule has 0 atom stereocenters. The van der Waals surface area contributed by atoms with Crippen LogP contribution in [0.1, 0.15) is 44.1 Å². The van der Waals surface area contributed by atoms with Crippen LogP contribution in [0, 0.1) is 0 Å². The smallest absolute Gasteiger partial charge is 0.251 e. The number of nitrogens with two attached hydrogens (primary N) is 1. The summed E-state index contributed by atoms with van der Waals surface area (Å²) in [6, 6.07) is 4.21. The lowest BCUT2D eigenvalue weighted by molar-refractivity contribution is -0.138. The van der Waals surface area contributed by atoms with Crippen LogP contribution < -0.4 is 15.2 Å². The molecule has 1 spiro atoms. The Balaban J connectivity index is 1.74. The van der Waals surface area contributed by atoms with Crippen LogP contribution in [0.4, 0.5) is 0 Å². The van der Waals surface area contributed by atoms with Crippen LogP contribution >= 0.6 is 15.9 Å². The molecule has 1 heterocycles. The summed E-state index contributed by atoms with van der Waals surface area (Å²) in [4.78, 5) is 0. The van der Waals surface area contributed by atoms with Gasteiger partial charge < -0.3 is 15.2 Å². The van der Waals surface area contributed by atoms with Gasteiger partial charge in [-0.1, -0.05) is 22.4 Å². The van der Waals surface area contributed by atoms with Crippen molar-refractivity contribution < 1.29 is 9.47 Å². The maximum atomic E-state index is 6.05. The van der Waals surface area contributed by atoms with Crippen LogP contribution in [0.25, 0.3) is 0 Å². The summed E-state index contributed by atoms with van der Waals surface area (Å²) in [5.74, 6) is 1.43. The molecule has 0 unspecified atom stereocenters. The van der Waals surface area contributed by atoms with Crippen molar-refractivity contribution in [1.82, 2.24) is 0 Å². The maximum Gasteiger partial charge on any atom is 0.251 e. The van der Waals surface area contributed by atoms with Gasteiger partial charge in [0.05, 0.1) is 0 Å². The van der Waals surface area contributed by atoms with Gasteiger partial charge >= 0.3 is 0 Å². The predicted molar refractivity (Wildman–Crippen MR) is 76.6 cm³/mol. The van der Waals surface area contributed by atoms with Crippen molar-refractivity contribution >= 4 is 15.9 Å². The van der Waals surface area contributed by atoms with Gasteiger partial charge in [0, 0.05) is 29.3 Å². The van der Waals surface area contributed by atoms with Crippen molar-refractivity contribution in [2.75, 3.05) is 6.54 Å². The molecule has 2 N–H and O–H groups in total. The Morgan fingerprint density at radius 3 is 2.16 bits per heavy atom. The van der Waals surface area contributed by atoms with E-state index in [1.807, 2.05) is 0 Å². The first kappa shape index (κ1) is 12.0. The SMILES string of the molecule is NCC1(c2cc3c(cc2Br)OC2(CCC2)O3)CCC1. The fourth-order valence-electron chi connectivity index (χ4n) is 3.38. The molecule has 4 heteroatoms. The van der Waals surface area contributed by atoms with Gasteiger partial charge in [-0.15, -0.1) is 0 Å². The molecule has 0 saturated heterocycles. The third-order valence-electron chi connectivity index (χ3n) is 5.01. The van der Waals surface area contributed by atoms with Gasteiger partial charge in [0.15, 0.2) is 11.5 Å². The van der Waals surface area contributed by atoms with Gasteiger partial charge in [-0.05, 0) is 37.0 Å². The summed E-state index contributed by atoms with van der Waals surface area (Å²) in [5, 5.41) is 0. The highest BCUT2D eigenvalue weighted by atomic mass is 79.9. The first-order valence-electron chi connectivity index (χ1n) is 7.09. The van der Waals surface area contributed by atoms with E-state index < -0.39 is 0 Å². The van der Waals surface area contributed by atoms with Crippen molar-refractivity contribution in [3.8, 4) is 11.5 Å². The molecule has 0 radical (unpaired) electrons. The zero-order valence-electron chi connectivity index (χ0n) is 10.9. The number of hydrogen-bond acceptors (Lipinski definition) is 3. The lowest BCUT2D eigenvalue weighted by Crippen LogP contribution is -2.45. The van der Waals surface area contributed by atoms with Crippen LogP contribution in [-0.2, 0) is 5.41 Å². The van der Waals surface area contributed by atoms with E-state index in [2.05, 4.69) is 28.1 Å². The van der Waals surface area contributed by atoms with Gasteiger partial charge in [-0.2, -0.15) is 0 Å². The number of rotatable bonds is 2. The lowest BCUT2D eigenvalue weighted by Gasteiger charge is -2.42. The quantitative estimate of drug-likeness (QED) is 0.906. The van der Waals surface area contributed by atoms with E-state index >= 15 is 0 Å². The van der Waals surface area contributed by atoms with E-state index in [4.69, 9.17) is 15.2 Å². The van der Waals surface area contributed by atoms with Gasteiger partial charge in [0.1, 0.15) is 0 Å². The van der Waals surface area contributed by atoms with Gasteiger partial charge in [-0.25, -0.2) is 0 Å². The molecular formula is C15H18BrNO2. The van der Waals surface area contributed by atoms with E-state index in [1.54, 1.807) is 0 Å². The predicted octanol–water partition coefficient (Wildman–Crippen LogP) is 3.48. The van der Waals surface area contributed by atoms with Gasteiger partial charge in [0.25, 0.3) is 5.79 Å². The largest absolute Gasteiger partial charge is 0.448 e. The fraction of sp³-hybridized carbons (Fsp3) is 0.600. The number of ether oxygens (including phenoxy) is 2. The summed E-state index contributed by atoms with van der Waals surface area (Å²) >= 11 is 3.69. The molecule has 1 aliphatic heterocycles. The van der Waals surface area contributed by atoms with Crippen molar-refractivity contribution in [2.24, 2.45) is 5.73 Å². The molecule has 4 rings (SSSR count). The van der Waals surface area contributed by atoms with E-state index in [9.17, 15) is 0 Å². The Hall–Kier alpha value is -0.740. The fourth-order valence-corrected chi connectivity index (χ4v) is 4.12. The molecular weight excluding hydrogens is 306 g/mol. The zero-order chi connectivity index (χ0) is 13.1. The molecule has 2 fully saturated rings. The molecule has 19 heavy (non-hydrogen) atoms. The molecule has 2 saturated carbocycles. The average Bonchev–Trinajstić information content (AvgIpc) is 2.67. The maximum absolute atomic E-state index is 6.05. The summed E-state index contributed by atoms with van der Waals surface area (Å²) in [6.45, 7) is 0.705. The first-order chi connectivity index (χ1) is 9.16. The second-order valence-electron chi connectivity index (χ2n) is 6.09. The van der Waals surface area contributed by atoms with Crippen LogP contribution in [0.3, 0.4) is 0 Å². The summed E-state index contributed by atoms with van der Waals surface area (Å²) in [5.41, 5.74) is 7.45. The summed E-state index contributed by atoms with van der Waals surface area (Å²) < 4.78 is 13.1. The lowest BCUT2D eigenvalue weighted by atomic mass is 9.64. The van der Waals surface area contributed by atoms with E-state index in [-0.39, 0.29) is 11.2 Å². The average molecular weight is 324 g/mol. The van der Waals surface area contributed by atoms with Crippen LogP contribution in [0.2, 0.25) is 0 Å². The van der Waals surface area contributed by atoms with E-state index in [1.165, 1.54) is 31.2 Å². The molecule has 0 aromatic heterocycles. The second kappa shape index (κ2) is 3.89. The summed E-state index contributed by atoms with van der Waals surface area (Å²) in [6.07, 6.45) is 6.80. The minimum Gasteiger partial charge on any atom is -0.448 e. The van der Waals surface area contributed by atoms with Crippen molar-refractivity contribution in [2.45, 2.75) is 49.7 Å². The standard InChI is InChI=1S/C15H18BrNO2/c16-11-8-13-12(18-15(19-13)5-2-6-15)7-10(11)14(9-17)3-1-4-14/h7-8H,1-6,9,17H2. The molecule has 3 nitrogen and oxygen atoms in total. The van der Waals surface area contributed by atoms with E-state index in [0.29, 0.717) is 6.54 Å².